The lowest BCUT2D eigenvalue weighted by Crippen LogP contribution is -2.42. The van der Waals surface area contributed by atoms with E-state index in [1.54, 1.807) is 0 Å². The molecule has 0 aliphatic heterocycles. The van der Waals surface area contributed by atoms with Gasteiger partial charge in [-0.05, 0) is 43.4 Å². The molecule has 0 bridgehead atoms. The fourth-order valence-electron chi connectivity index (χ4n) is 2.19. The van der Waals surface area contributed by atoms with Crippen LogP contribution in [0.2, 0.25) is 0 Å². The molecule has 2 rings (SSSR count). The van der Waals surface area contributed by atoms with Gasteiger partial charge in [-0.2, -0.15) is 0 Å². The summed E-state index contributed by atoms with van der Waals surface area (Å²) in [4.78, 5) is 23.3. The van der Waals surface area contributed by atoms with E-state index in [0.717, 1.165) is 18.6 Å². The van der Waals surface area contributed by atoms with Crippen LogP contribution in [0.5, 0.6) is 5.75 Å². The summed E-state index contributed by atoms with van der Waals surface area (Å²) in [6.45, 7) is 1.38. The molecule has 1 aromatic carbocycles. The Balaban J connectivity index is 2.26. The second-order valence-electron chi connectivity index (χ2n) is 5.68. The van der Waals surface area contributed by atoms with Crippen molar-refractivity contribution in [1.29, 1.82) is 0 Å². The van der Waals surface area contributed by atoms with Gasteiger partial charge in [-0.3, -0.25) is 9.59 Å². The van der Waals surface area contributed by atoms with Crippen molar-refractivity contribution < 1.29 is 27.5 Å². The van der Waals surface area contributed by atoms with Gasteiger partial charge in [-0.15, -0.1) is 24.8 Å². The first kappa shape index (κ1) is 18.4. The molecule has 3 atom stereocenters. The molecule has 3 unspecified atom stereocenters. The standard InChI is InChI=1S/C15H16ClF3N2O3/c1-7(13(20)22)21-14(23)11-6-10(24-15(17,18)19)3-2-8(11)4-9-5-12(9)16/h2-3,6-7,9,12H,4-5H2,1H3,(H2,20,22)(H,21,23). The number of ether oxygens (including phenoxy) is 1. The molecular formula is C15H16ClF3N2O3. The number of hydrogen-bond acceptors (Lipinski definition) is 3. The van der Waals surface area contributed by atoms with E-state index in [2.05, 4.69) is 10.1 Å². The molecule has 3 N–H and O–H groups in total. The topological polar surface area (TPSA) is 81.4 Å². The summed E-state index contributed by atoms with van der Waals surface area (Å²) < 4.78 is 40.9. The molecule has 132 valence electrons. The first-order chi connectivity index (χ1) is 11.1. The first-order valence-electron chi connectivity index (χ1n) is 7.19. The Hall–Kier alpha value is -1.96. The highest BCUT2D eigenvalue weighted by molar-refractivity contribution is 6.22. The third kappa shape index (κ3) is 5.02. The van der Waals surface area contributed by atoms with Crippen molar-refractivity contribution in [2.24, 2.45) is 11.7 Å². The Morgan fingerprint density at radius 2 is 2.08 bits per heavy atom. The van der Waals surface area contributed by atoms with Crippen molar-refractivity contribution in [1.82, 2.24) is 5.32 Å². The molecule has 1 fully saturated rings. The molecule has 0 saturated heterocycles. The van der Waals surface area contributed by atoms with Crippen LogP contribution in [0.25, 0.3) is 0 Å². The number of carbonyl (C=O) groups is 2. The van der Waals surface area contributed by atoms with Crippen LogP contribution < -0.4 is 15.8 Å². The van der Waals surface area contributed by atoms with Crippen molar-refractivity contribution in [3.05, 3.63) is 29.3 Å². The van der Waals surface area contributed by atoms with Crippen LogP contribution in [-0.4, -0.2) is 29.6 Å². The van der Waals surface area contributed by atoms with Gasteiger partial charge in [0.25, 0.3) is 5.91 Å². The lowest BCUT2D eigenvalue weighted by atomic mass is 10.0. The quantitative estimate of drug-likeness (QED) is 0.760. The summed E-state index contributed by atoms with van der Waals surface area (Å²) >= 11 is 5.94. The minimum absolute atomic E-state index is 0.000571. The van der Waals surface area contributed by atoms with Crippen molar-refractivity contribution in [3.8, 4) is 5.75 Å². The maximum absolute atomic E-state index is 12.4. The summed E-state index contributed by atoms with van der Waals surface area (Å²) in [6, 6.07) is 2.58. The van der Waals surface area contributed by atoms with Crippen LogP contribution in [-0.2, 0) is 11.2 Å². The first-order valence-corrected chi connectivity index (χ1v) is 7.63. The number of carbonyl (C=O) groups excluding carboxylic acids is 2. The Morgan fingerprint density at radius 1 is 1.46 bits per heavy atom. The Morgan fingerprint density at radius 3 is 2.58 bits per heavy atom. The van der Waals surface area contributed by atoms with Gasteiger partial charge in [0, 0.05) is 10.9 Å². The van der Waals surface area contributed by atoms with Crippen LogP contribution in [0, 0.1) is 5.92 Å². The second kappa shape index (κ2) is 6.88. The van der Waals surface area contributed by atoms with Crippen molar-refractivity contribution in [2.45, 2.75) is 37.5 Å². The zero-order valence-corrected chi connectivity index (χ0v) is 13.4. The average molecular weight is 365 g/mol. The molecule has 5 nitrogen and oxygen atoms in total. The number of halogens is 4. The average Bonchev–Trinajstić information content (AvgIpc) is 3.13. The normalized spacial score (nSPS) is 21.0. The van der Waals surface area contributed by atoms with Gasteiger partial charge in [0.2, 0.25) is 5.91 Å². The van der Waals surface area contributed by atoms with Crippen molar-refractivity contribution in [3.63, 3.8) is 0 Å². The Kier molecular flexibility index (Phi) is 5.27. The van der Waals surface area contributed by atoms with Crippen LogP contribution in [0.1, 0.15) is 29.3 Å². The van der Waals surface area contributed by atoms with Gasteiger partial charge in [0.1, 0.15) is 11.8 Å². The maximum Gasteiger partial charge on any atom is 0.573 e. The largest absolute Gasteiger partial charge is 0.573 e. The number of nitrogens with two attached hydrogens (primary N) is 1. The minimum Gasteiger partial charge on any atom is -0.406 e. The molecular weight excluding hydrogens is 349 g/mol. The maximum atomic E-state index is 12.4. The SMILES string of the molecule is CC(NC(=O)c1cc(OC(F)(F)F)ccc1CC1CC1Cl)C(N)=O. The van der Waals surface area contributed by atoms with Crippen LogP contribution in [0.3, 0.4) is 0 Å². The van der Waals surface area contributed by atoms with Crippen molar-refractivity contribution in [2.75, 3.05) is 0 Å². The smallest absolute Gasteiger partial charge is 0.406 e. The molecule has 1 saturated carbocycles. The fourth-order valence-corrected chi connectivity index (χ4v) is 2.51. The minimum atomic E-state index is -4.87. The highest BCUT2D eigenvalue weighted by Crippen LogP contribution is 2.39. The summed E-state index contributed by atoms with van der Waals surface area (Å²) in [5.41, 5.74) is 5.61. The predicted molar refractivity (Wildman–Crippen MR) is 80.7 cm³/mol. The summed E-state index contributed by atoms with van der Waals surface area (Å²) in [6.07, 6.45) is -3.64. The van der Waals surface area contributed by atoms with E-state index in [-0.39, 0.29) is 16.9 Å². The Bertz CT molecular complexity index is 651. The van der Waals surface area contributed by atoms with E-state index in [1.807, 2.05) is 0 Å². The number of benzene rings is 1. The molecule has 0 aromatic heterocycles. The number of rotatable bonds is 6. The molecule has 1 aliphatic carbocycles. The molecule has 0 radical (unpaired) electrons. The van der Waals surface area contributed by atoms with E-state index in [9.17, 15) is 22.8 Å². The van der Waals surface area contributed by atoms with Crippen LogP contribution in [0.15, 0.2) is 18.2 Å². The zero-order chi connectivity index (χ0) is 18.1. The van der Waals surface area contributed by atoms with Gasteiger partial charge in [0.05, 0.1) is 0 Å². The molecule has 2 amide bonds. The molecule has 1 aromatic rings. The van der Waals surface area contributed by atoms with Gasteiger partial charge >= 0.3 is 6.36 Å². The Labute approximate surface area is 141 Å². The van der Waals surface area contributed by atoms with Gasteiger partial charge in [-0.1, -0.05) is 6.07 Å². The molecule has 0 spiro atoms. The van der Waals surface area contributed by atoms with Crippen LogP contribution in [0.4, 0.5) is 13.2 Å². The molecule has 9 heteroatoms. The van der Waals surface area contributed by atoms with Crippen LogP contribution >= 0.6 is 11.6 Å². The second-order valence-corrected chi connectivity index (χ2v) is 6.24. The predicted octanol–water partition coefficient (Wildman–Crippen LogP) is 2.36. The molecule has 0 heterocycles. The van der Waals surface area contributed by atoms with Gasteiger partial charge in [-0.25, -0.2) is 0 Å². The number of hydrogen-bond donors (Lipinski definition) is 2. The number of primary amides is 1. The zero-order valence-electron chi connectivity index (χ0n) is 12.7. The lowest BCUT2D eigenvalue weighted by molar-refractivity contribution is -0.274. The number of nitrogens with one attached hydrogen (secondary N) is 1. The molecule has 1 aliphatic rings. The monoisotopic (exact) mass is 364 g/mol. The highest BCUT2D eigenvalue weighted by Gasteiger charge is 2.36. The number of amides is 2. The third-order valence-corrected chi connectivity index (χ3v) is 4.19. The summed E-state index contributed by atoms with van der Waals surface area (Å²) in [7, 11) is 0. The van der Waals surface area contributed by atoms with E-state index in [0.29, 0.717) is 12.0 Å². The van der Waals surface area contributed by atoms with Crippen molar-refractivity contribution >= 4 is 23.4 Å². The lowest BCUT2D eigenvalue weighted by Gasteiger charge is -2.15. The fraction of sp³-hybridized carbons (Fsp3) is 0.467. The van der Waals surface area contributed by atoms with E-state index in [4.69, 9.17) is 17.3 Å². The van der Waals surface area contributed by atoms with E-state index in [1.165, 1.54) is 13.0 Å². The van der Waals surface area contributed by atoms with Gasteiger partial charge < -0.3 is 15.8 Å². The summed E-state index contributed by atoms with van der Waals surface area (Å²) in [5.74, 6) is -1.80. The number of alkyl halides is 4. The van der Waals surface area contributed by atoms with Gasteiger partial charge in [0.15, 0.2) is 0 Å². The highest BCUT2D eigenvalue weighted by atomic mass is 35.5. The van der Waals surface area contributed by atoms with E-state index < -0.39 is 30.0 Å². The summed E-state index contributed by atoms with van der Waals surface area (Å²) in [5, 5.41) is 2.34. The third-order valence-electron chi connectivity index (χ3n) is 3.65. The van der Waals surface area contributed by atoms with E-state index >= 15 is 0 Å². The molecule has 24 heavy (non-hydrogen) atoms.